The Morgan fingerprint density at radius 3 is 2.81 bits per heavy atom. The molecular weight excluding hydrogens is 206 g/mol. The third kappa shape index (κ3) is 2.87. The molecule has 1 aromatic rings. The third-order valence-corrected chi connectivity index (χ3v) is 2.45. The summed E-state index contributed by atoms with van der Waals surface area (Å²) in [6.45, 7) is 3.09. The van der Waals surface area contributed by atoms with Crippen LogP contribution >= 0.6 is 0 Å². The number of aliphatic hydroxyl groups excluding tert-OH is 1. The smallest absolute Gasteiger partial charge is 0.161 e. The first-order chi connectivity index (χ1) is 7.90. The molecule has 1 aliphatic rings. The normalized spacial score (nSPS) is 13.8. The average Bonchev–Trinajstić information content (AvgIpc) is 2.34. The lowest BCUT2D eigenvalue weighted by atomic mass is 10.2. The van der Waals surface area contributed by atoms with Gasteiger partial charge in [0, 0.05) is 13.2 Å². The summed E-state index contributed by atoms with van der Waals surface area (Å²) in [7, 11) is 0. The van der Waals surface area contributed by atoms with E-state index in [1.165, 1.54) is 5.56 Å². The van der Waals surface area contributed by atoms with Crippen LogP contribution in [0.5, 0.6) is 11.5 Å². The van der Waals surface area contributed by atoms with Crippen molar-refractivity contribution >= 4 is 0 Å². The molecule has 0 aliphatic carbocycles. The Bertz CT molecular complexity index is 341. The second-order valence-corrected chi connectivity index (χ2v) is 3.73. The van der Waals surface area contributed by atoms with Crippen molar-refractivity contribution in [1.82, 2.24) is 5.32 Å². The van der Waals surface area contributed by atoms with Gasteiger partial charge in [0.2, 0.25) is 0 Å². The molecule has 0 bridgehead atoms. The lowest BCUT2D eigenvalue weighted by Gasteiger charge is -2.18. The van der Waals surface area contributed by atoms with Crippen LogP contribution in [0.4, 0.5) is 0 Å². The van der Waals surface area contributed by atoms with Gasteiger partial charge in [-0.2, -0.15) is 0 Å². The van der Waals surface area contributed by atoms with Crippen LogP contribution in [-0.2, 0) is 6.54 Å². The quantitative estimate of drug-likeness (QED) is 0.729. The van der Waals surface area contributed by atoms with E-state index in [1.807, 2.05) is 18.2 Å². The molecule has 2 rings (SSSR count). The van der Waals surface area contributed by atoms with Crippen molar-refractivity contribution in [3.63, 3.8) is 0 Å². The van der Waals surface area contributed by atoms with Crippen LogP contribution in [0.15, 0.2) is 18.2 Å². The number of rotatable bonds is 5. The number of hydrogen-bond acceptors (Lipinski definition) is 4. The molecule has 4 nitrogen and oxygen atoms in total. The summed E-state index contributed by atoms with van der Waals surface area (Å²) in [6, 6.07) is 5.97. The molecule has 1 heterocycles. The van der Waals surface area contributed by atoms with Gasteiger partial charge in [0.1, 0.15) is 13.2 Å². The van der Waals surface area contributed by atoms with Gasteiger partial charge in [-0.05, 0) is 30.7 Å². The number of nitrogens with one attached hydrogen (secondary N) is 1. The van der Waals surface area contributed by atoms with E-state index in [9.17, 15) is 0 Å². The Morgan fingerprint density at radius 2 is 2.00 bits per heavy atom. The summed E-state index contributed by atoms with van der Waals surface area (Å²) in [5, 5.41) is 11.9. The van der Waals surface area contributed by atoms with Crippen molar-refractivity contribution in [2.75, 3.05) is 26.4 Å². The SMILES string of the molecule is OCCCNCc1ccc2c(c1)OCCO2. The number of benzene rings is 1. The summed E-state index contributed by atoms with van der Waals surface area (Å²) in [5.41, 5.74) is 1.17. The predicted molar refractivity (Wildman–Crippen MR) is 60.8 cm³/mol. The van der Waals surface area contributed by atoms with Gasteiger partial charge < -0.3 is 19.9 Å². The van der Waals surface area contributed by atoms with Crippen LogP contribution in [0.2, 0.25) is 0 Å². The van der Waals surface area contributed by atoms with E-state index in [2.05, 4.69) is 5.32 Å². The maximum Gasteiger partial charge on any atom is 0.161 e. The van der Waals surface area contributed by atoms with Crippen LogP contribution in [0.3, 0.4) is 0 Å². The van der Waals surface area contributed by atoms with E-state index in [-0.39, 0.29) is 6.61 Å². The van der Waals surface area contributed by atoms with Crippen molar-refractivity contribution in [2.45, 2.75) is 13.0 Å². The molecule has 88 valence electrons. The highest BCUT2D eigenvalue weighted by Gasteiger charge is 2.11. The molecule has 0 fully saturated rings. The molecule has 0 saturated heterocycles. The molecule has 1 aromatic carbocycles. The van der Waals surface area contributed by atoms with Crippen LogP contribution in [0.25, 0.3) is 0 Å². The van der Waals surface area contributed by atoms with Crippen molar-refractivity contribution in [2.24, 2.45) is 0 Å². The fraction of sp³-hybridized carbons (Fsp3) is 0.500. The van der Waals surface area contributed by atoms with Crippen LogP contribution < -0.4 is 14.8 Å². The van der Waals surface area contributed by atoms with Gasteiger partial charge in [0.25, 0.3) is 0 Å². The molecule has 2 N–H and O–H groups in total. The van der Waals surface area contributed by atoms with Gasteiger partial charge >= 0.3 is 0 Å². The lowest BCUT2D eigenvalue weighted by Crippen LogP contribution is -2.17. The molecule has 16 heavy (non-hydrogen) atoms. The number of hydrogen-bond donors (Lipinski definition) is 2. The largest absolute Gasteiger partial charge is 0.486 e. The van der Waals surface area contributed by atoms with Crippen molar-refractivity contribution in [1.29, 1.82) is 0 Å². The molecule has 1 aliphatic heterocycles. The highest BCUT2D eigenvalue weighted by Crippen LogP contribution is 2.30. The summed E-state index contributed by atoms with van der Waals surface area (Å²) in [5.74, 6) is 1.65. The van der Waals surface area contributed by atoms with E-state index in [1.54, 1.807) is 0 Å². The van der Waals surface area contributed by atoms with Crippen LogP contribution in [0, 0.1) is 0 Å². The van der Waals surface area contributed by atoms with E-state index in [0.717, 1.165) is 31.0 Å². The number of ether oxygens (including phenoxy) is 2. The Balaban J connectivity index is 1.90. The molecule has 0 atom stereocenters. The van der Waals surface area contributed by atoms with Gasteiger partial charge in [-0.1, -0.05) is 6.07 Å². The Hall–Kier alpha value is -1.26. The average molecular weight is 223 g/mol. The van der Waals surface area contributed by atoms with Crippen LogP contribution in [0.1, 0.15) is 12.0 Å². The maximum absolute atomic E-state index is 8.65. The Kier molecular flexibility index (Phi) is 4.02. The Morgan fingerprint density at radius 1 is 1.19 bits per heavy atom. The van der Waals surface area contributed by atoms with E-state index >= 15 is 0 Å². The lowest BCUT2D eigenvalue weighted by molar-refractivity contribution is 0.171. The van der Waals surface area contributed by atoms with Crippen molar-refractivity contribution in [3.05, 3.63) is 23.8 Å². The highest BCUT2D eigenvalue weighted by molar-refractivity contribution is 5.43. The fourth-order valence-electron chi connectivity index (χ4n) is 1.63. The maximum atomic E-state index is 8.65. The standard InChI is InChI=1S/C12H17NO3/c14-5-1-4-13-9-10-2-3-11-12(8-10)16-7-6-15-11/h2-3,8,13-14H,1,4-7,9H2. The first kappa shape index (κ1) is 11.2. The second kappa shape index (κ2) is 5.72. The van der Waals surface area contributed by atoms with Gasteiger partial charge in [0.15, 0.2) is 11.5 Å². The van der Waals surface area contributed by atoms with Gasteiger partial charge in [-0.25, -0.2) is 0 Å². The minimum Gasteiger partial charge on any atom is -0.486 e. The van der Waals surface area contributed by atoms with E-state index in [0.29, 0.717) is 13.2 Å². The van der Waals surface area contributed by atoms with E-state index in [4.69, 9.17) is 14.6 Å². The Labute approximate surface area is 95.2 Å². The van der Waals surface area contributed by atoms with E-state index < -0.39 is 0 Å². The van der Waals surface area contributed by atoms with Crippen LogP contribution in [-0.4, -0.2) is 31.5 Å². The molecule has 4 heteroatoms. The zero-order valence-electron chi connectivity index (χ0n) is 9.24. The van der Waals surface area contributed by atoms with Gasteiger partial charge in [-0.15, -0.1) is 0 Å². The fourth-order valence-corrected chi connectivity index (χ4v) is 1.63. The molecular formula is C12H17NO3. The van der Waals surface area contributed by atoms with Gasteiger partial charge in [0.05, 0.1) is 0 Å². The first-order valence-corrected chi connectivity index (χ1v) is 5.60. The summed E-state index contributed by atoms with van der Waals surface area (Å²) < 4.78 is 10.9. The van der Waals surface area contributed by atoms with Gasteiger partial charge in [-0.3, -0.25) is 0 Å². The molecule has 0 spiro atoms. The summed E-state index contributed by atoms with van der Waals surface area (Å²) >= 11 is 0. The molecule has 0 unspecified atom stereocenters. The molecule has 0 radical (unpaired) electrons. The molecule has 0 amide bonds. The zero-order valence-corrected chi connectivity index (χ0v) is 9.24. The summed E-state index contributed by atoms with van der Waals surface area (Å²) in [6.07, 6.45) is 0.782. The first-order valence-electron chi connectivity index (χ1n) is 5.60. The predicted octanol–water partition coefficient (Wildman–Crippen LogP) is 0.930. The minimum absolute atomic E-state index is 0.230. The number of aliphatic hydroxyl groups is 1. The number of fused-ring (bicyclic) bond motifs is 1. The highest BCUT2D eigenvalue weighted by atomic mass is 16.6. The van der Waals surface area contributed by atoms with Crippen molar-refractivity contribution < 1.29 is 14.6 Å². The minimum atomic E-state index is 0.230. The zero-order chi connectivity index (χ0) is 11.2. The topological polar surface area (TPSA) is 50.7 Å². The third-order valence-electron chi connectivity index (χ3n) is 2.45. The molecule has 0 saturated carbocycles. The summed E-state index contributed by atoms with van der Waals surface area (Å²) in [4.78, 5) is 0. The van der Waals surface area contributed by atoms with Crippen molar-refractivity contribution in [3.8, 4) is 11.5 Å². The molecule has 0 aromatic heterocycles. The second-order valence-electron chi connectivity index (χ2n) is 3.73. The monoisotopic (exact) mass is 223 g/mol.